The van der Waals surface area contributed by atoms with Gasteiger partial charge in [0.25, 0.3) is 0 Å². The van der Waals surface area contributed by atoms with E-state index in [1.54, 1.807) is 12.0 Å². The average molecular weight is 172 g/mol. The normalized spacial score (nSPS) is 22.7. The molecule has 0 unspecified atom stereocenters. The van der Waals surface area contributed by atoms with Crippen LogP contribution in [0.1, 0.15) is 6.42 Å². The van der Waals surface area contributed by atoms with E-state index in [0.717, 1.165) is 19.5 Å². The summed E-state index contributed by atoms with van der Waals surface area (Å²) in [4.78, 5) is 13.1. The summed E-state index contributed by atoms with van der Waals surface area (Å²) in [6, 6.07) is 0.354. The fourth-order valence-corrected chi connectivity index (χ4v) is 1.40. The van der Waals surface area contributed by atoms with Crippen molar-refractivity contribution in [2.45, 2.75) is 12.5 Å². The molecule has 0 aromatic carbocycles. The Kier molecular flexibility index (Phi) is 3.49. The van der Waals surface area contributed by atoms with Gasteiger partial charge in [-0.1, -0.05) is 0 Å². The molecule has 0 aliphatic carbocycles. The van der Waals surface area contributed by atoms with Gasteiger partial charge in [0, 0.05) is 26.7 Å². The predicted octanol–water partition coefficient (Wildman–Crippen LogP) is -0.547. The van der Waals surface area contributed by atoms with E-state index < -0.39 is 0 Å². The number of likely N-dealkylation sites (N-methyl/N-ethyl adjacent to an activating group) is 1. The maximum Gasteiger partial charge on any atom is 0.248 e. The third-order valence-corrected chi connectivity index (χ3v) is 2.24. The van der Waals surface area contributed by atoms with Crippen molar-refractivity contribution in [2.75, 3.05) is 33.9 Å². The predicted molar refractivity (Wildman–Crippen MR) is 45.9 cm³/mol. The van der Waals surface area contributed by atoms with Gasteiger partial charge in [0.15, 0.2) is 0 Å². The summed E-state index contributed by atoms with van der Waals surface area (Å²) < 4.78 is 4.77. The Morgan fingerprint density at radius 3 is 3.00 bits per heavy atom. The molecule has 0 radical (unpaired) electrons. The van der Waals surface area contributed by atoms with Gasteiger partial charge >= 0.3 is 0 Å². The topological polar surface area (TPSA) is 41.6 Å². The lowest BCUT2D eigenvalue weighted by Gasteiger charge is -2.23. The Bertz CT molecular complexity index is 155. The number of hydrogen-bond acceptors (Lipinski definition) is 3. The second-order valence-electron chi connectivity index (χ2n) is 3.08. The van der Waals surface area contributed by atoms with Gasteiger partial charge in [-0.15, -0.1) is 0 Å². The van der Waals surface area contributed by atoms with Crippen LogP contribution in [0.2, 0.25) is 0 Å². The Morgan fingerprint density at radius 2 is 2.50 bits per heavy atom. The quantitative estimate of drug-likeness (QED) is 0.621. The van der Waals surface area contributed by atoms with Crippen molar-refractivity contribution in [3.05, 3.63) is 0 Å². The molecule has 12 heavy (non-hydrogen) atoms. The molecule has 4 heteroatoms. The van der Waals surface area contributed by atoms with E-state index in [0.29, 0.717) is 6.04 Å². The molecule has 1 aliphatic heterocycles. The molecule has 70 valence electrons. The summed E-state index contributed by atoms with van der Waals surface area (Å²) in [7, 11) is 3.37. The molecule has 0 aromatic rings. The zero-order chi connectivity index (χ0) is 8.97. The molecule has 0 spiro atoms. The van der Waals surface area contributed by atoms with Crippen molar-refractivity contribution in [3.8, 4) is 0 Å². The minimum atomic E-state index is 0.0613. The molecule has 1 rings (SSSR count). The first-order valence-electron chi connectivity index (χ1n) is 4.21. The van der Waals surface area contributed by atoms with Gasteiger partial charge in [-0.2, -0.15) is 0 Å². The van der Waals surface area contributed by atoms with Crippen LogP contribution in [-0.4, -0.2) is 50.7 Å². The van der Waals surface area contributed by atoms with Crippen molar-refractivity contribution in [1.82, 2.24) is 10.2 Å². The number of ether oxygens (including phenoxy) is 1. The van der Waals surface area contributed by atoms with Gasteiger partial charge in [0.2, 0.25) is 5.91 Å². The summed E-state index contributed by atoms with van der Waals surface area (Å²) in [6.07, 6.45) is 1.05. The Balaban J connectivity index is 2.34. The number of hydrogen-bond donors (Lipinski definition) is 1. The molecular formula is C8H16N2O2. The zero-order valence-corrected chi connectivity index (χ0v) is 7.67. The van der Waals surface area contributed by atoms with Crippen LogP contribution in [0.15, 0.2) is 0 Å². The number of carbonyl (C=O) groups is 1. The van der Waals surface area contributed by atoms with Crippen LogP contribution in [-0.2, 0) is 9.53 Å². The number of methoxy groups -OCH3 is 1. The summed E-state index contributed by atoms with van der Waals surface area (Å²) in [6.45, 7) is 2.11. The van der Waals surface area contributed by atoms with Crippen molar-refractivity contribution >= 4 is 5.91 Å². The summed E-state index contributed by atoms with van der Waals surface area (Å²) in [5.41, 5.74) is 0. The third kappa shape index (κ3) is 2.19. The first kappa shape index (κ1) is 9.48. The minimum Gasteiger partial charge on any atom is -0.375 e. The summed E-state index contributed by atoms with van der Waals surface area (Å²) in [5, 5.41) is 3.22. The zero-order valence-electron chi connectivity index (χ0n) is 7.67. The van der Waals surface area contributed by atoms with Gasteiger partial charge in [-0.25, -0.2) is 0 Å². The van der Waals surface area contributed by atoms with Gasteiger partial charge in [-0.05, 0) is 13.0 Å². The van der Waals surface area contributed by atoms with Crippen LogP contribution in [0.3, 0.4) is 0 Å². The summed E-state index contributed by atoms with van der Waals surface area (Å²) >= 11 is 0. The lowest BCUT2D eigenvalue weighted by atomic mass is 10.2. The van der Waals surface area contributed by atoms with Crippen LogP contribution in [0.5, 0.6) is 0 Å². The molecule has 1 N–H and O–H groups in total. The van der Waals surface area contributed by atoms with Crippen molar-refractivity contribution in [1.29, 1.82) is 0 Å². The maximum absolute atomic E-state index is 11.3. The number of carbonyl (C=O) groups excluding carboxylic acids is 1. The third-order valence-electron chi connectivity index (χ3n) is 2.24. The van der Waals surface area contributed by atoms with Crippen LogP contribution in [0.25, 0.3) is 0 Å². The van der Waals surface area contributed by atoms with Crippen molar-refractivity contribution in [3.63, 3.8) is 0 Å². The first-order valence-corrected chi connectivity index (χ1v) is 4.21. The average Bonchev–Trinajstić information content (AvgIpc) is 2.55. The fraction of sp³-hybridized carbons (Fsp3) is 0.875. The van der Waals surface area contributed by atoms with E-state index >= 15 is 0 Å². The largest absolute Gasteiger partial charge is 0.375 e. The molecule has 0 bridgehead atoms. The smallest absolute Gasteiger partial charge is 0.248 e. The molecule has 0 aromatic heterocycles. The van der Waals surface area contributed by atoms with Crippen molar-refractivity contribution in [2.24, 2.45) is 0 Å². The van der Waals surface area contributed by atoms with Crippen LogP contribution in [0, 0.1) is 0 Å². The minimum absolute atomic E-state index is 0.0613. The second kappa shape index (κ2) is 4.42. The van der Waals surface area contributed by atoms with Gasteiger partial charge in [0.1, 0.15) is 6.61 Å². The highest BCUT2D eigenvalue weighted by molar-refractivity contribution is 5.77. The van der Waals surface area contributed by atoms with E-state index in [4.69, 9.17) is 4.74 Å². The Hall–Kier alpha value is -0.610. The molecular weight excluding hydrogens is 156 g/mol. The van der Waals surface area contributed by atoms with Gasteiger partial charge in [0.05, 0.1) is 0 Å². The van der Waals surface area contributed by atoms with Gasteiger partial charge < -0.3 is 15.0 Å². The molecule has 1 heterocycles. The molecule has 1 amide bonds. The molecule has 1 atom stereocenters. The highest BCUT2D eigenvalue weighted by Gasteiger charge is 2.22. The molecule has 0 saturated carbocycles. The van der Waals surface area contributed by atoms with Crippen molar-refractivity contribution < 1.29 is 9.53 Å². The van der Waals surface area contributed by atoms with E-state index in [9.17, 15) is 4.79 Å². The van der Waals surface area contributed by atoms with Crippen LogP contribution >= 0.6 is 0 Å². The Labute approximate surface area is 72.9 Å². The lowest BCUT2D eigenvalue weighted by Crippen LogP contribution is -2.40. The number of rotatable bonds is 3. The van der Waals surface area contributed by atoms with E-state index in [1.807, 2.05) is 7.05 Å². The SMILES string of the molecule is COCC(=O)N(C)[C@H]1CCNC1. The number of nitrogens with zero attached hydrogens (tertiary/aromatic N) is 1. The fourth-order valence-electron chi connectivity index (χ4n) is 1.40. The number of amides is 1. The highest BCUT2D eigenvalue weighted by Crippen LogP contribution is 2.05. The maximum atomic E-state index is 11.3. The monoisotopic (exact) mass is 172 g/mol. The van der Waals surface area contributed by atoms with Gasteiger partial charge in [-0.3, -0.25) is 4.79 Å². The van der Waals surface area contributed by atoms with E-state index in [1.165, 1.54) is 0 Å². The molecule has 1 fully saturated rings. The standard InChI is InChI=1S/C8H16N2O2/c1-10(8(11)6-12-2)7-3-4-9-5-7/h7,9H,3-6H2,1-2H3/t7-/m0/s1. The highest BCUT2D eigenvalue weighted by atomic mass is 16.5. The molecule has 1 saturated heterocycles. The molecule has 4 nitrogen and oxygen atoms in total. The number of nitrogens with one attached hydrogen (secondary N) is 1. The first-order chi connectivity index (χ1) is 5.75. The summed E-state index contributed by atoms with van der Waals surface area (Å²) in [5.74, 6) is 0.0613. The van der Waals surface area contributed by atoms with E-state index in [-0.39, 0.29) is 12.5 Å². The van der Waals surface area contributed by atoms with Crippen LogP contribution in [0.4, 0.5) is 0 Å². The second-order valence-corrected chi connectivity index (χ2v) is 3.08. The van der Waals surface area contributed by atoms with E-state index in [2.05, 4.69) is 5.32 Å². The van der Waals surface area contributed by atoms with Crippen LogP contribution < -0.4 is 5.32 Å². The Morgan fingerprint density at radius 1 is 1.75 bits per heavy atom. The lowest BCUT2D eigenvalue weighted by molar-refractivity contribution is -0.135. The molecule has 1 aliphatic rings.